The molecule has 0 bridgehead atoms. The van der Waals surface area contributed by atoms with E-state index in [-0.39, 0.29) is 18.2 Å². The Bertz CT molecular complexity index is 994. The van der Waals surface area contributed by atoms with Crippen LogP contribution >= 0.6 is 0 Å². The van der Waals surface area contributed by atoms with Crippen molar-refractivity contribution in [3.05, 3.63) is 89.7 Å². The number of benzene rings is 2. The van der Waals surface area contributed by atoms with Gasteiger partial charge >= 0.3 is 6.18 Å². The van der Waals surface area contributed by atoms with E-state index in [9.17, 15) is 13.2 Å². The predicted molar refractivity (Wildman–Crippen MR) is 109 cm³/mol. The number of oxime groups is 1. The summed E-state index contributed by atoms with van der Waals surface area (Å²) in [4.78, 5) is 9.25. The molecule has 0 fully saturated rings. The lowest BCUT2D eigenvalue weighted by Gasteiger charge is -2.10. The van der Waals surface area contributed by atoms with Gasteiger partial charge in [0.1, 0.15) is 24.7 Å². The Labute approximate surface area is 177 Å². The highest BCUT2D eigenvalue weighted by molar-refractivity contribution is 5.97. The van der Waals surface area contributed by atoms with Crippen molar-refractivity contribution in [3.8, 4) is 11.5 Å². The van der Waals surface area contributed by atoms with Gasteiger partial charge in [0.05, 0.1) is 0 Å². The largest absolute Gasteiger partial charge is 0.489 e. The van der Waals surface area contributed by atoms with Crippen molar-refractivity contribution in [2.45, 2.75) is 19.4 Å². The van der Waals surface area contributed by atoms with E-state index < -0.39 is 12.8 Å². The maximum Gasteiger partial charge on any atom is 0.422 e. The van der Waals surface area contributed by atoms with E-state index in [0.717, 1.165) is 5.56 Å². The average molecular weight is 431 g/mol. The smallest absolute Gasteiger partial charge is 0.422 e. The number of pyridine rings is 1. The summed E-state index contributed by atoms with van der Waals surface area (Å²) in [6.45, 7) is -0.938. The first-order chi connectivity index (χ1) is 14.9. The Balaban J connectivity index is 1.50. The summed E-state index contributed by atoms with van der Waals surface area (Å²) >= 11 is 0. The molecule has 9 heteroatoms. The van der Waals surface area contributed by atoms with Gasteiger partial charge in [-0.2, -0.15) is 13.2 Å². The molecule has 2 aromatic carbocycles. The molecular weight excluding hydrogens is 411 g/mol. The van der Waals surface area contributed by atoms with Crippen molar-refractivity contribution in [1.29, 1.82) is 0 Å². The molecule has 0 saturated heterocycles. The molecule has 0 unspecified atom stereocenters. The zero-order valence-electron chi connectivity index (χ0n) is 16.4. The topological polar surface area (TPSA) is 79.0 Å². The Morgan fingerprint density at radius 3 is 2.39 bits per heavy atom. The molecule has 3 rings (SSSR count). The molecule has 0 aliphatic heterocycles. The van der Waals surface area contributed by atoms with Crippen LogP contribution in [0.15, 0.2) is 78.2 Å². The monoisotopic (exact) mass is 431 g/mol. The summed E-state index contributed by atoms with van der Waals surface area (Å²) in [5.74, 6) is 0.914. The Hall–Kier alpha value is -3.75. The van der Waals surface area contributed by atoms with E-state index in [4.69, 9.17) is 20.0 Å². The van der Waals surface area contributed by atoms with E-state index in [0.29, 0.717) is 23.5 Å². The number of hydrogen-bond donors (Lipinski definition) is 1. The zero-order valence-corrected chi connectivity index (χ0v) is 16.4. The molecule has 31 heavy (non-hydrogen) atoms. The van der Waals surface area contributed by atoms with Gasteiger partial charge in [0.15, 0.2) is 12.4 Å². The summed E-state index contributed by atoms with van der Waals surface area (Å²) in [7, 11) is 0. The quantitative estimate of drug-likeness (QED) is 0.308. The average Bonchev–Trinajstić information content (AvgIpc) is 2.77. The first-order valence-electron chi connectivity index (χ1n) is 9.25. The van der Waals surface area contributed by atoms with Crippen LogP contribution in [0.4, 0.5) is 13.2 Å². The third-order valence-corrected chi connectivity index (χ3v) is 3.97. The summed E-state index contributed by atoms with van der Waals surface area (Å²) in [5.41, 5.74) is 8.11. The molecular formula is C22H20F3N3O3. The Morgan fingerprint density at radius 1 is 0.903 bits per heavy atom. The third kappa shape index (κ3) is 7.54. The first-order valence-corrected chi connectivity index (χ1v) is 9.25. The number of rotatable bonds is 9. The molecule has 162 valence electrons. The summed E-state index contributed by atoms with van der Waals surface area (Å²) in [6, 6.07) is 16.9. The van der Waals surface area contributed by atoms with Crippen molar-refractivity contribution >= 4 is 5.84 Å². The fourth-order valence-corrected chi connectivity index (χ4v) is 2.49. The lowest BCUT2D eigenvalue weighted by atomic mass is 10.2. The minimum Gasteiger partial charge on any atom is -0.489 e. The highest BCUT2D eigenvalue weighted by Crippen LogP contribution is 2.20. The molecule has 1 heterocycles. The van der Waals surface area contributed by atoms with Crippen LogP contribution in [0.3, 0.4) is 0 Å². The van der Waals surface area contributed by atoms with E-state index >= 15 is 0 Å². The number of nitrogens with two attached hydrogens (primary N) is 1. The number of nitrogens with zero attached hydrogens (tertiary/aromatic N) is 2. The van der Waals surface area contributed by atoms with E-state index in [2.05, 4.69) is 10.1 Å². The minimum atomic E-state index is -4.40. The molecule has 0 aliphatic rings. The second-order valence-corrected chi connectivity index (χ2v) is 6.48. The highest BCUT2D eigenvalue weighted by atomic mass is 19.4. The first kappa shape index (κ1) is 21.9. The summed E-state index contributed by atoms with van der Waals surface area (Å²) in [5, 5.41) is 3.85. The van der Waals surface area contributed by atoms with Crippen molar-refractivity contribution in [2.75, 3.05) is 6.61 Å². The molecule has 0 amide bonds. The van der Waals surface area contributed by atoms with Gasteiger partial charge < -0.3 is 20.0 Å². The third-order valence-electron chi connectivity index (χ3n) is 3.97. The van der Waals surface area contributed by atoms with Crippen LogP contribution in [0.5, 0.6) is 11.5 Å². The second-order valence-electron chi connectivity index (χ2n) is 6.48. The van der Waals surface area contributed by atoms with Crippen LogP contribution in [0.25, 0.3) is 0 Å². The predicted octanol–water partition coefficient (Wildman–Crippen LogP) is 4.44. The van der Waals surface area contributed by atoms with Crippen molar-refractivity contribution in [2.24, 2.45) is 10.9 Å². The van der Waals surface area contributed by atoms with Crippen molar-refractivity contribution in [1.82, 2.24) is 4.98 Å². The SMILES string of the molecule is N/C(=N/OCc1cccc(OCC(F)(F)F)c1)c1ccc(OCc2cccnc2)cc1. The summed E-state index contributed by atoms with van der Waals surface area (Å²) < 4.78 is 47.1. The lowest BCUT2D eigenvalue weighted by Crippen LogP contribution is -2.19. The minimum absolute atomic E-state index is 0.0240. The molecule has 0 aliphatic carbocycles. The molecule has 1 aromatic heterocycles. The van der Waals surface area contributed by atoms with Gasteiger partial charge in [0.2, 0.25) is 0 Å². The van der Waals surface area contributed by atoms with Crippen LogP contribution in [0.1, 0.15) is 16.7 Å². The van der Waals surface area contributed by atoms with Gasteiger partial charge in [-0.1, -0.05) is 23.4 Å². The van der Waals surface area contributed by atoms with Gasteiger partial charge in [-0.3, -0.25) is 4.98 Å². The lowest BCUT2D eigenvalue weighted by molar-refractivity contribution is -0.153. The maximum absolute atomic E-state index is 12.2. The van der Waals surface area contributed by atoms with Crippen LogP contribution in [0, 0.1) is 0 Å². The van der Waals surface area contributed by atoms with Gasteiger partial charge in [-0.25, -0.2) is 0 Å². The van der Waals surface area contributed by atoms with E-state index in [1.165, 1.54) is 12.1 Å². The van der Waals surface area contributed by atoms with Crippen LogP contribution in [-0.2, 0) is 18.1 Å². The molecule has 0 radical (unpaired) electrons. The van der Waals surface area contributed by atoms with Gasteiger partial charge in [-0.15, -0.1) is 0 Å². The fourth-order valence-electron chi connectivity index (χ4n) is 2.49. The van der Waals surface area contributed by atoms with Crippen LogP contribution < -0.4 is 15.2 Å². The Kier molecular flexibility index (Phi) is 7.31. The molecule has 3 aromatic rings. The van der Waals surface area contributed by atoms with Crippen LogP contribution in [-0.4, -0.2) is 23.6 Å². The number of ether oxygens (including phenoxy) is 2. The second kappa shape index (κ2) is 10.3. The number of aromatic nitrogens is 1. The van der Waals surface area contributed by atoms with Gasteiger partial charge in [-0.05, 0) is 48.0 Å². The fraction of sp³-hybridized carbons (Fsp3) is 0.182. The molecule has 2 N–H and O–H groups in total. The van der Waals surface area contributed by atoms with Gasteiger partial charge in [0, 0.05) is 23.5 Å². The standard InChI is InChI=1S/C22H20F3N3O3/c23-22(24,25)15-30-20-5-1-3-16(11-20)14-31-28-21(26)18-6-8-19(9-7-18)29-13-17-4-2-10-27-12-17/h1-12H,13-15H2,(H2,26,28). The molecule has 0 saturated carbocycles. The molecule has 0 spiro atoms. The number of alkyl halides is 3. The van der Waals surface area contributed by atoms with E-state index in [1.54, 1.807) is 48.8 Å². The number of halogens is 3. The Morgan fingerprint density at radius 2 is 1.68 bits per heavy atom. The van der Waals surface area contributed by atoms with Crippen LogP contribution in [0.2, 0.25) is 0 Å². The summed E-state index contributed by atoms with van der Waals surface area (Å²) in [6.07, 6.45) is -0.972. The normalized spacial score (nSPS) is 11.8. The van der Waals surface area contributed by atoms with Crippen molar-refractivity contribution < 1.29 is 27.5 Å². The van der Waals surface area contributed by atoms with Gasteiger partial charge in [0.25, 0.3) is 0 Å². The van der Waals surface area contributed by atoms with E-state index in [1.807, 2.05) is 12.1 Å². The number of amidine groups is 1. The number of hydrogen-bond acceptors (Lipinski definition) is 5. The highest BCUT2D eigenvalue weighted by Gasteiger charge is 2.28. The molecule has 0 atom stereocenters. The van der Waals surface area contributed by atoms with Crippen molar-refractivity contribution in [3.63, 3.8) is 0 Å². The maximum atomic E-state index is 12.2. The zero-order chi connectivity index (χ0) is 22.1. The molecule has 6 nitrogen and oxygen atoms in total.